The molecular weight excluding hydrogens is 387 g/mol. The molecule has 0 bridgehead atoms. The van der Waals surface area contributed by atoms with E-state index in [9.17, 15) is 0 Å². The zero-order chi connectivity index (χ0) is 15.0. The van der Waals surface area contributed by atoms with Gasteiger partial charge >= 0.3 is 0 Å². The Morgan fingerprint density at radius 3 is 2.59 bits per heavy atom. The highest BCUT2D eigenvalue weighted by atomic mass is 127. The molecule has 124 valence electrons. The summed E-state index contributed by atoms with van der Waals surface area (Å²) in [5.74, 6) is 0.905. The standard InChI is InChI=1S/C17H28N4.HI/c1-3-17(10-6-7-11-17)14-21-16(18-4-2)20-13-15-9-5-8-12-19-15;/h5,8-9,12H,3-4,6-7,10-11,13-14H2,1-2H3,(H2,18,20,21);1H. The van der Waals surface area contributed by atoms with Crippen LogP contribution >= 0.6 is 24.0 Å². The van der Waals surface area contributed by atoms with Crippen molar-refractivity contribution in [2.45, 2.75) is 52.5 Å². The Bertz CT molecular complexity index is 441. The first-order chi connectivity index (χ1) is 10.3. The monoisotopic (exact) mass is 416 g/mol. The number of guanidine groups is 1. The zero-order valence-corrected chi connectivity index (χ0v) is 16.1. The largest absolute Gasteiger partial charge is 0.357 e. The van der Waals surface area contributed by atoms with Crippen LogP contribution in [0.5, 0.6) is 0 Å². The maximum absolute atomic E-state index is 4.64. The smallest absolute Gasteiger partial charge is 0.191 e. The highest BCUT2D eigenvalue weighted by Gasteiger charge is 2.31. The Hall–Kier alpha value is -0.850. The second kappa shape index (κ2) is 10.0. The van der Waals surface area contributed by atoms with Gasteiger partial charge in [-0.25, -0.2) is 4.99 Å². The Balaban J connectivity index is 0.00000242. The number of halogens is 1. The van der Waals surface area contributed by atoms with Gasteiger partial charge in [-0.1, -0.05) is 25.8 Å². The predicted octanol–water partition coefficient (Wildman–Crippen LogP) is 3.73. The summed E-state index contributed by atoms with van der Waals surface area (Å²) in [5.41, 5.74) is 1.47. The molecule has 0 spiro atoms. The van der Waals surface area contributed by atoms with Crippen LogP contribution in [0.4, 0.5) is 0 Å². The number of nitrogens with zero attached hydrogens (tertiary/aromatic N) is 2. The van der Waals surface area contributed by atoms with E-state index in [-0.39, 0.29) is 24.0 Å². The lowest BCUT2D eigenvalue weighted by molar-refractivity contribution is 0.283. The molecule has 1 aromatic rings. The molecule has 22 heavy (non-hydrogen) atoms. The van der Waals surface area contributed by atoms with E-state index in [0.29, 0.717) is 12.0 Å². The second-order valence-electron chi connectivity index (χ2n) is 5.93. The molecule has 0 unspecified atom stereocenters. The summed E-state index contributed by atoms with van der Waals surface area (Å²) < 4.78 is 0. The van der Waals surface area contributed by atoms with Gasteiger partial charge in [0, 0.05) is 19.3 Å². The fourth-order valence-electron chi connectivity index (χ4n) is 3.05. The summed E-state index contributed by atoms with van der Waals surface area (Å²) in [6.07, 6.45) is 8.50. The Kier molecular flexibility index (Phi) is 8.75. The number of hydrogen-bond acceptors (Lipinski definition) is 2. The van der Waals surface area contributed by atoms with E-state index < -0.39 is 0 Å². The molecule has 1 saturated carbocycles. The molecule has 1 fully saturated rings. The SMILES string of the molecule is CCNC(=NCc1ccccn1)NCC1(CC)CCCC1.I. The third-order valence-electron chi connectivity index (χ3n) is 4.51. The van der Waals surface area contributed by atoms with Gasteiger partial charge in [-0.3, -0.25) is 4.98 Å². The molecule has 5 heteroatoms. The molecule has 0 aromatic carbocycles. The van der Waals surface area contributed by atoms with Crippen molar-refractivity contribution in [2.24, 2.45) is 10.4 Å². The first kappa shape index (κ1) is 19.2. The molecule has 0 aliphatic heterocycles. The average molecular weight is 416 g/mol. The summed E-state index contributed by atoms with van der Waals surface area (Å²) in [6.45, 7) is 6.94. The molecule has 0 atom stereocenters. The van der Waals surface area contributed by atoms with Crippen molar-refractivity contribution in [3.05, 3.63) is 30.1 Å². The molecular formula is C17H29IN4. The van der Waals surface area contributed by atoms with Crippen molar-refractivity contribution in [3.63, 3.8) is 0 Å². The topological polar surface area (TPSA) is 49.3 Å². The highest BCUT2D eigenvalue weighted by Crippen LogP contribution is 2.40. The van der Waals surface area contributed by atoms with E-state index in [0.717, 1.165) is 24.7 Å². The lowest BCUT2D eigenvalue weighted by Gasteiger charge is -2.28. The van der Waals surface area contributed by atoms with Crippen molar-refractivity contribution in [2.75, 3.05) is 13.1 Å². The van der Waals surface area contributed by atoms with Crippen LogP contribution in [-0.4, -0.2) is 24.0 Å². The minimum absolute atomic E-state index is 0. The van der Waals surface area contributed by atoms with Crippen molar-refractivity contribution in [3.8, 4) is 0 Å². The Morgan fingerprint density at radius 1 is 1.23 bits per heavy atom. The molecule has 2 N–H and O–H groups in total. The molecule has 1 aromatic heterocycles. The predicted molar refractivity (Wildman–Crippen MR) is 104 cm³/mol. The van der Waals surface area contributed by atoms with Crippen molar-refractivity contribution < 1.29 is 0 Å². The van der Waals surface area contributed by atoms with Crippen LogP contribution in [0.3, 0.4) is 0 Å². The fraction of sp³-hybridized carbons (Fsp3) is 0.647. The van der Waals surface area contributed by atoms with E-state index in [1.54, 1.807) is 0 Å². The average Bonchev–Trinajstić information content (AvgIpc) is 3.00. The molecule has 1 aliphatic rings. The third-order valence-corrected chi connectivity index (χ3v) is 4.51. The number of nitrogens with one attached hydrogen (secondary N) is 2. The van der Waals surface area contributed by atoms with E-state index in [1.165, 1.54) is 32.1 Å². The van der Waals surface area contributed by atoms with Gasteiger partial charge in [-0.15, -0.1) is 24.0 Å². The van der Waals surface area contributed by atoms with E-state index >= 15 is 0 Å². The Labute approximate surface area is 151 Å². The quantitative estimate of drug-likeness (QED) is 0.422. The molecule has 2 rings (SSSR count). The molecule has 0 amide bonds. The number of rotatable bonds is 6. The summed E-state index contributed by atoms with van der Waals surface area (Å²) in [6, 6.07) is 5.95. The summed E-state index contributed by atoms with van der Waals surface area (Å²) in [4.78, 5) is 8.96. The van der Waals surface area contributed by atoms with Crippen LogP contribution < -0.4 is 10.6 Å². The number of aliphatic imine (C=N–C) groups is 1. The Morgan fingerprint density at radius 2 is 2.00 bits per heavy atom. The van der Waals surface area contributed by atoms with Gasteiger partial charge in [0.05, 0.1) is 12.2 Å². The molecule has 0 radical (unpaired) electrons. The normalized spacial score (nSPS) is 16.9. The van der Waals surface area contributed by atoms with E-state index in [1.807, 2.05) is 24.4 Å². The molecule has 0 saturated heterocycles. The third kappa shape index (κ3) is 5.74. The molecule has 1 aliphatic carbocycles. The lowest BCUT2D eigenvalue weighted by atomic mass is 9.83. The number of pyridine rings is 1. The van der Waals surface area contributed by atoms with Crippen LogP contribution in [0.2, 0.25) is 0 Å². The van der Waals surface area contributed by atoms with Crippen LogP contribution in [0.1, 0.15) is 51.6 Å². The van der Waals surface area contributed by atoms with Crippen LogP contribution in [0.25, 0.3) is 0 Å². The van der Waals surface area contributed by atoms with Crippen LogP contribution in [-0.2, 0) is 6.54 Å². The van der Waals surface area contributed by atoms with Crippen molar-refractivity contribution in [1.82, 2.24) is 15.6 Å². The highest BCUT2D eigenvalue weighted by molar-refractivity contribution is 14.0. The maximum Gasteiger partial charge on any atom is 0.191 e. The maximum atomic E-state index is 4.64. The number of aromatic nitrogens is 1. The fourth-order valence-corrected chi connectivity index (χ4v) is 3.05. The van der Waals surface area contributed by atoms with E-state index in [4.69, 9.17) is 0 Å². The van der Waals surface area contributed by atoms with Gasteiger partial charge in [0.25, 0.3) is 0 Å². The number of hydrogen-bond donors (Lipinski definition) is 2. The van der Waals surface area contributed by atoms with E-state index in [2.05, 4.69) is 34.5 Å². The summed E-state index contributed by atoms with van der Waals surface area (Å²) in [5, 5.41) is 6.86. The van der Waals surface area contributed by atoms with Gasteiger partial charge in [0.15, 0.2) is 5.96 Å². The molecule has 4 nitrogen and oxygen atoms in total. The van der Waals surface area contributed by atoms with Crippen molar-refractivity contribution in [1.29, 1.82) is 0 Å². The summed E-state index contributed by atoms with van der Waals surface area (Å²) >= 11 is 0. The first-order valence-corrected chi connectivity index (χ1v) is 8.20. The van der Waals surface area contributed by atoms with Gasteiger partial charge in [-0.2, -0.15) is 0 Å². The van der Waals surface area contributed by atoms with Crippen molar-refractivity contribution >= 4 is 29.9 Å². The second-order valence-corrected chi connectivity index (χ2v) is 5.93. The first-order valence-electron chi connectivity index (χ1n) is 8.20. The van der Waals surface area contributed by atoms with Crippen LogP contribution in [0, 0.1) is 5.41 Å². The van der Waals surface area contributed by atoms with Gasteiger partial charge < -0.3 is 10.6 Å². The van der Waals surface area contributed by atoms with Gasteiger partial charge in [-0.05, 0) is 43.7 Å². The van der Waals surface area contributed by atoms with Crippen LogP contribution in [0.15, 0.2) is 29.4 Å². The zero-order valence-electron chi connectivity index (χ0n) is 13.8. The minimum Gasteiger partial charge on any atom is -0.357 e. The lowest BCUT2D eigenvalue weighted by Crippen LogP contribution is -2.42. The molecule has 1 heterocycles. The summed E-state index contributed by atoms with van der Waals surface area (Å²) in [7, 11) is 0. The van der Waals surface area contributed by atoms with Gasteiger partial charge in [0.1, 0.15) is 0 Å². The minimum atomic E-state index is 0. The van der Waals surface area contributed by atoms with Gasteiger partial charge in [0.2, 0.25) is 0 Å².